The van der Waals surface area contributed by atoms with Crippen molar-refractivity contribution in [3.8, 4) is 11.5 Å². The molecule has 21 heavy (non-hydrogen) atoms. The highest BCUT2D eigenvalue weighted by atomic mass is 16.5. The topological polar surface area (TPSA) is 59.6 Å². The van der Waals surface area contributed by atoms with Crippen molar-refractivity contribution < 1.29 is 14.3 Å². The van der Waals surface area contributed by atoms with E-state index in [9.17, 15) is 4.79 Å². The molecule has 0 heterocycles. The third kappa shape index (κ3) is 4.85. The molecule has 1 rings (SSSR count). The van der Waals surface area contributed by atoms with Crippen LogP contribution in [0.2, 0.25) is 0 Å². The van der Waals surface area contributed by atoms with E-state index in [1.54, 1.807) is 14.2 Å². The maximum atomic E-state index is 12.2. The van der Waals surface area contributed by atoms with Gasteiger partial charge in [-0.2, -0.15) is 0 Å². The average molecular weight is 294 g/mol. The molecule has 0 saturated carbocycles. The first-order valence-corrected chi connectivity index (χ1v) is 7.13. The van der Waals surface area contributed by atoms with Gasteiger partial charge in [-0.25, -0.2) is 0 Å². The van der Waals surface area contributed by atoms with Crippen LogP contribution in [-0.2, 0) is 4.79 Å². The molecular weight excluding hydrogens is 268 g/mol. The second-order valence-electron chi connectivity index (χ2n) is 5.66. The minimum Gasteiger partial charge on any atom is -0.497 e. The summed E-state index contributed by atoms with van der Waals surface area (Å²) >= 11 is 0. The first-order chi connectivity index (χ1) is 9.82. The number of methoxy groups -OCH3 is 2. The summed E-state index contributed by atoms with van der Waals surface area (Å²) in [5.74, 6) is 1.33. The van der Waals surface area contributed by atoms with Gasteiger partial charge in [0.1, 0.15) is 17.5 Å². The van der Waals surface area contributed by atoms with Crippen molar-refractivity contribution in [1.82, 2.24) is 5.32 Å². The van der Waals surface area contributed by atoms with Gasteiger partial charge in [0.25, 0.3) is 0 Å². The Labute approximate surface area is 127 Å². The second kappa shape index (κ2) is 7.20. The van der Waals surface area contributed by atoms with Gasteiger partial charge in [0.2, 0.25) is 5.91 Å². The fourth-order valence-corrected chi connectivity index (χ4v) is 1.76. The highest BCUT2D eigenvalue weighted by molar-refractivity contribution is 5.85. The zero-order chi connectivity index (χ0) is 16.0. The van der Waals surface area contributed by atoms with Crippen LogP contribution in [0, 0.1) is 0 Å². The Morgan fingerprint density at radius 2 is 1.95 bits per heavy atom. The Balaban J connectivity index is 2.82. The normalized spacial score (nSPS) is 12.5. The van der Waals surface area contributed by atoms with Crippen molar-refractivity contribution in [3.05, 3.63) is 18.2 Å². The van der Waals surface area contributed by atoms with Gasteiger partial charge in [0, 0.05) is 11.6 Å². The summed E-state index contributed by atoms with van der Waals surface area (Å²) in [6, 6.07) is 5.06. The zero-order valence-electron chi connectivity index (χ0n) is 13.7. The monoisotopic (exact) mass is 294 g/mol. The number of hydrogen-bond acceptors (Lipinski definition) is 4. The molecule has 0 aliphatic heterocycles. The molecule has 1 unspecified atom stereocenters. The van der Waals surface area contributed by atoms with Gasteiger partial charge in [-0.15, -0.1) is 0 Å². The molecule has 1 amide bonds. The van der Waals surface area contributed by atoms with E-state index in [2.05, 4.69) is 10.6 Å². The molecule has 0 aliphatic rings. The lowest BCUT2D eigenvalue weighted by atomic mass is 10.0. The van der Waals surface area contributed by atoms with E-state index in [1.165, 1.54) is 0 Å². The maximum absolute atomic E-state index is 12.2. The molecule has 118 valence electrons. The van der Waals surface area contributed by atoms with E-state index < -0.39 is 0 Å². The van der Waals surface area contributed by atoms with Crippen LogP contribution in [0.15, 0.2) is 18.2 Å². The highest BCUT2D eigenvalue weighted by Crippen LogP contribution is 2.29. The Kier molecular flexibility index (Phi) is 5.88. The minimum absolute atomic E-state index is 0.0493. The van der Waals surface area contributed by atoms with Gasteiger partial charge in [-0.1, -0.05) is 6.92 Å². The third-order valence-corrected chi connectivity index (χ3v) is 3.52. The third-order valence-electron chi connectivity index (χ3n) is 3.52. The Bertz CT molecular complexity index is 486. The molecule has 0 saturated heterocycles. The van der Waals surface area contributed by atoms with E-state index in [4.69, 9.17) is 9.47 Å². The lowest BCUT2D eigenvalue weighted by molar-refractivity contribution is -0.123. The van der Waals surface area contributed by atoms with Crippen molar-refractivity contribution in [2.24, 2.45) is 0 Å². The summed E-state index contributed by atoms with van der Waals surface area (Å²) in [4.78, 5) is 12.2. The lowest BCUT2D eigenvalue weighted by Gasteiger charge is -2.27. The minimum atomic E-state index is -0.378. The number of carbonyl (C=O) groups excluding carboxylic acids is 1. The molecule has 1 atom stereocenters. The zero-order valence-corrected chi connectivity index (χ0v) is 13.7. The number of hydrogen-bond donors (Lipinski definition) is 2. The number of rotatable bonds is 7. The molecule has 0 radical (unpaired) electrons. The molecule has 5 nitrogen and oxygen atoms in total. The molecule has 5 heteroatoms. The summed E-state index contributed by atoms with van der Waals surface area (Å²) in [7, 11) is 3.20. The lowest BCUT2D eigenvalue weighted by Crippen LogP contribution is -2.48. The standard InChI is InChI=1S/C16H26N2O3/c1-7-16(3,4)18-15(19)11(2)17-13-10-12(20-5)8-9-14(13)21-6/h8-11,17H,7H2,1-6H3,(H,18,19). The molecule has 0 bridgehead atoms. The van der Waals surface area contributed by atoms with E-state index in [0.29, 0.717) is 11.5 Å². The molecular formula is C16H26N2O3. The van der Waals surface area contributed by atoms with Gasteiger partial charge in [0.05, 0.1) is 19.9 Å². The predicted octanol–water partition coefficient (Wildman–Crippen LogP) is 2.81. The Morgan fingerprint density at radius 1 is 1.29 bits per heavy atom. The highest BCUT2D eigenvalue weighted by Gasteiger charge is 2.22. The van der Waals surface area contributed by atoms with Crippen LogP contribution in [0.3, 0.4) is 0 Å². The van der Waals surface area contributed by atoms with Crippen LogP contribution in [0.5, 0.6) is 11.5 Å². The predicted molar refractivity (Wildman–Crippen MR) is 85.1 cm³/mol. The largest absolute Gasteiger partial charge is 0.497 e. The Hall–Kier alpha value is -1.91. The number of anilines is 1. The summed E-state index contributed by atoms with van der Waals surface area (Å²) in [5.41, 5.74) is 0.514. The van der Waals surface area contributed by atoms with E-state index in [1.807, 2.05) is 45.9 Å². The molecule has 1 aromatic carbocycles. The number of ether oxygens (including phenoxy) is 2. The number of amides is 1. The van der Waals surface area contributed by atoms with E-state index >= 15 is 0 Å². The van der Waals surface area contributed by atoms with Crippen LogP contribution in [-0.4, -0.2) is 31.7 Å². The van der Waals surface area contributed by atoms with Crippen molar-refractivity contribution in [1.29, 1.82) is 0 Å². The van der Waals surface area contributed by atoms with Crippen molar-refractivity contribution in [3.63, 3.8) is 0 Å². The van der Waals surface area contributed by atoms with Crippen LogP contribution in [0.25, 0.3) is 0 Å². The molecule has 0 fully saturated rings. The van der Waals surface area contributed by atoms with Gasteiger partial charge in [0.15, 0.2) is 0 Å². The van der Waals surface area contributed by atoms with E-state index in [0.717, 1.165) is 12.1 Å². The number of carbonyl (C=O) groups is 1. The van der Waals surface area contributed by atoms with E-state index in [-0.39, 0.29) is 17.5 Å². The van der Waals surface area contributed by atoms with Crippen LogP contribution in [0.1, 0.15) is 34.1 Å². The first kappa shape index (κ1) is 17.1. The quantitative estimate of drug-likeness (QED) is 0.812. The summed E-state index contributed by atoms with van der Waals surface area (Å²) in [5, 5.41) is 6.18. The fraction of sp³-hybridized carbons (Fsp3) is 0.562. The fourth-order valence-electron chi connectivity index (χ4n) is 1.76. The van der Waals surface area contributed by atoms with Gasteiger partial charge in [-0.3, -0.25) is 4.79 Å². The SMILES string of the molecule is CCC(C)(C)NC(=O)C(C)Nc1cc(OC)ccc1OC. The molecule has 0 aliphatic carbocycles. The van der Waals surface area contributed by atoms with Crippen molar-refractivity contribution in [2.75, 3.05) is 19.5 Å². The maximum Gasteiger partial charge on any atom is 0.242 e. The van der Waals surface area contributed by atoms with Crippen molar-refractivity contribution >= 4 is 11.6 Å². The number of benzene rings is 1. The van der Waals surface area contributed by atoms with Crippen molar-refractivity contribution in [2.45, 2.75) is 45.7 Å². The molecule has 2 N–H and O–H groups in total. The first-order valence-electron chi connectivity index (χ1n) is 7.13. The van der Waals surface area contributed by atoms with Gasteiger partial charge >= 0.3 is 0 Å². The molecule has 0 aromatic heterocycles. The Morgan fingerprint density at radius 3 is 2.48 bits per heavy atom. The summed E-state index contributed by atoms with van der Waals surface area (Å²) < 4.78 is 10.5. The average Bonchev–Trinajstić information content (AvgIpc) is 2.46. The van der Waals surface area contributed by atoms with Gasteiger partial charge in [-0.05, 0) is 39.3 Å². The van der Waals surface area contributed by atoms with Crippen LogP contribution >= 0.6 is 0 Å². The smallest absolute Gasteiger partial charge is 0.242 e. The van der Waals surface area contributed by atoms with Crippen LogP contribution in [0.4, 0.5) is 5.69 Å². The van der Waals surface area contributed by atoms with Crippen LogP contribution < -0.4 is 20.1 Å². The molecule has 0 spiro atoms. The number of nitrogens with one attached hydrogen (secondary N) is 2. The summed E-state index contributed by atoms with van der Waals surface area (Å²) in [6.45, 7) is 7.87. The molecule has 1 aromatic rings. The summed E-state index contributed by atoms with van der Waals surface area (Å²) in [6.07, 6.45) is 0.869. The second-order valence-corrected chi connectivity index (χ2v) is 5.66. The van der Waals surface area contributed by atoms with Gasteiger partial charge < -0.3 is 20.1 Å².